The molecule has 2 N–H and O–H groups in total. The average molecular weight is 401 g/mol. The lowest BCUT2D eigenvalue weighted by Gasteiger charge is -2.06. The van der Waals surface area contributed by atoms with Gasteiger partial charge in [0.05, 0.1) is 23.3 Å². The highest BCUT2D eigenvalue weighted by molar-refractivity contribution is 5.89. The lowest BCUT2D eigenvalue weighted by Crippen LogP contribution is -2.24. The summed E-state index contributed by atoms with van der Waals surface area (Å²) in [5.41, 5.74) is 2.41. The topological polar surface area (TPSA) is 140 Å². The second kappa shape index (κ2) is 10.4. The summed E-state index contributed by atoms with van der Waals surface area (Å²) in [7, 11) is 0. The van der Waals surface area contributed by atoms with E-state index in [9.17, 15) is 24.8 Å². The zero-order valence-electron chi connectivity index (χ0n) is 15.5. The number of esters is 1. The summed E-state index contributed by atoms with van der Waals surface area (Å²) < 4.78 is 10.3. The smallest absolute Gasteiger partial charge is 0.338 e. The summed E-state index contributed by atoms with van der Waals surface area (Å²) >= 11 is 0. The molecule has 1 amide bonds. The molecule has 0 aliphatic carbocycles. The van der Waals surface area contributed by atoms with E-state index in [0.29, 0.717) is 17.9 Å². The van der Waals surface area contributed by atoms with Crippen molar-refractivity contribution in [1.29, 1.82) is 0 Å². The van der Waals surface area contributed by atoms with Crippen LogP contribution in [0.25, 0.3) is 0 Å². The van der Waals surface area contributed by atoms with E-state index < -0.39 is 16.8 Å². The Morgan fingerprint density at radius 2 is 1.97 bits per heavy atom. The molecule has 0 aliphatic rings. The third kappa shape index (κ3) is 6.61. The lowest BCUT2D eigenvalue weighted by molar-refractivity contribution is -0.384. The molecule has 10 nitrogen and oxygen atoms in total. The van der Waals surface area contributed by atoms with Crippen molar-refractivity contribution in [2.75, 3.05) is 13.2 Å². The third-order valence-corrected chi connectivity index (χ3v) is 3.51. The van der Waals surface area contributed by atoms with E-state index in [4.69, 9.17) is 9.47 Å². The number of ether oxygens (including phenoxy) is 2. The van der Waals surface area contributed by atoms with Gasteiger partial charge in [-0.2, -0.15) is 5.10 Å². The Bertz CT molecular complexity index is 911. The number of hydrogen-bond acceptors (Lipinski definition) is 8. The summed E-state index contributed by atoms with van der Waals surface area (Å²) in [4.78, 5) is 33.6. The number of non-ortho nitro benzene ring substituents is 1. The number of nitrogens with zero attached hydrogens (tertiary/aromatic N) is 2. The Morgan fingerprint density at radius 3 is 2.62 bits per heavy atom. The van der Waals surface area contributed by atoms with Crippen molar-refractivity contribution in [3.8, 4) is 11.5 Å². The van der Waals surface area contributed by atoms with Crippen LogP contribution in [0.3, 0.4) is 0 Å². The monoisotopic (exact) mass is 401 g/mol. The van der Waals surface area contributed by atoms with E-state index in [2.05, 4.69) is 10.5 Å². The zero-order chi connectivity index (χ0) is 21.2. The Morgan fingerprint density at radius 1 is 1.24 bits per heavy atom. The van der Waals surface area contributed by atoms with Crippen molar-refractivity contribution in [3.05, 3.63) is 63.7 Å². The highest BCUT2D eigenvalue weighted by Gasteiger charge is 2.10. The predicted molar refractivity (Wildman–Crippen MR) is 103 cm³/mol. The fourth-order valence-corrected chi connectivity index (χ4v) is 2.08. The molecule has 0 spiro atoms. The molecule has 0 aliphatic heterocycles. The van der Waals surface area contributed by atoms with Crippen LogP contribution in [0.5, 0.6) is 11.5 Å². The van der Waals surface area contributed by atoms with Crippen LogP contribution in [0.1, 0.15) is 29.3 Å². The minimum absolute atomic E-state index is 0.0750. The molecule has 0 aromatic heterocycles. The minimum atomic E-state index is -0.613. The summed E-state index contributed by atoms with van der Waals surface area (Å²) in [6.45, 7) is 1.88. The fourth-order valence-electron chi connectivity index (χ4n) is 2.08. The molecular formula is C19H19N3O7. The van der Waals surface area contributed by atoms with Crippen molar-refractivity contribution < 1.29 is 29.1 Å². The van der Waals surface area contributed by atoms with Crippen molar-refractivity contribution in [2.45, 2.75) is 13.3 Å². The molecule has 2 rings (SSSR count). The van der Waals surface area contributed by atoms with Crippen molar-refractivity contribution in [1.82, 2.24) is 5.43 Å². The molecule has 29 heavy (non-hydrogen) atoms. The van der Waals surface area contributed by atoms with Crippen molar-refractivity contribution in [2.24, 2.45) is 5.10 Å². The number of carbonyl (C=O) groups excluding carboxylic acids is 2. The third-order valence-electron chi connectivity index (χ3n) is 3.51. The van der Waals surface area contributed by atoms with Gasteiger partial charge in [0.15, 0.2) is 6.61 Å². The summed E-state index contributed by atoms with van der Waals surface area (Å²) in [6.07, 6.45) is 1.81. The second-order valence-corrected chi connectivity index (χ2v) is 5.74. The van der Waals surface area contributed by atoms with E-state index in [1.54, 1.807) is 0 Å². The standard InChI is InChI=1S/C19H19N3O7/c1-2-9-28-19(25)13-3-6-16(7-4-13)29-12-18(24)21-20-11-14-10-15(22(26)27)5-8-17(14)23/h3-8,10-11,23H,2,9,12H2,1H3,(H,21,24)/b20-11+. The van der Waals surface area contributed by atoms with Gasteiger partial charge in [-0.05, 0) is 36.8 Å². The lowest BCUT2D eigenvalue weighted by atomic mass is 10.2. The molecule has 0 unspecified atom stereocenters. The van der Waals surface area contributed by atoms with E-state index in [1.165, 1.54) is 24.3 Å². The Balaban J connectivity index is 1.84. The molecule has 0 heterocycles. The van der Waals surface area contributed by atoms with Crippen LogP contribution in [-0.4, -0.2) is 41.3 Å². The first-order chi connectivity index (χ1) is 13.9. The van der Waals surface area contributed by atoms with Crippen LogP contribution in [0.15, 0.2) is 47.6 Å². The number of nitro groups is 1. The average Bonchev–Trinajstić information content (AvgIpc) is 2.72. The molecule has 152 valence electrons. The Labute approximate surface area is 165 Å². The van der Waals surface area contributed by atoms with Gasteiger partial charge in [-0.25, -0.2) is 10.2 Å². The molecule has 0 saturated carbocycles. The summed E-state index contributed by atoms with van der Waals surface area (Å²) in [5, 5.41) is 24.0. The van der Waals surface area contributed by atoms with Crippen LogP contribution in [-0.2, 0) is 9.53 Å². The number of rotatable bonds is 9. The zero-order valence-corrected chi connectivity index (χ0v) is 15.5. The maximum absolute atomic E-state index is 11.8. The minimum Gasteiger partial charge on any atom is -0.507 e. The number of carbonyl (C=O) groups is 2. The van der Waals surface area contributed by atoms with Crippen LogP contribution >= 0.6 is 0 Å². The van der Waals surface area contributed by atoms with Crippen LogP contribution in [0, 0.1) is 10.1 Å². The number of nitro benzene ring substituents is 1. The van der Waals surface area contributed by atoms with Crippen LogP contribution in [0.2, 0.25) is 0 Å². The Kier molecular flexibility index (Phi) is 7.66. The first-order valence-corrected chi connectivity index (χ1v) is 8.60. The van der Waals surface area contributed by atoms with Gasteiger partial charge < -0.3 is 14.6 Å². The van der Waals surface area contributed by atoms with Gasteiger partial charge in [-0.15, -0.1) is 0 Å². The number of nitrogens with one attached hydrogen (secondary N) is 1. The number of aromatic hydroxyl groups is 1. The predicted octanol–water partition coefficient (Wildman–Crippen LogP) is 2.40. The number of phenolic OH excluding ortho intramolecular Hbond substituents is 1. The second-order valence-electron chi connectivity index (χ2n) is 5.74. The van der Waals surface area contributed by atoms with Gasteiger partial charge in [0.25, 0.3) is 11.6 Å². The van der Waals surface area contributed by atoms with Crippen molar-refractivity contribution in [3.63, 3.8) is 0 Å². The number of phenols is 1. The fraction of sp³-hybridized carbons (Fsp3) is 0.211. The maximum atomic E-state index is 11.8. The van der Waals surface area contributed by atoms with E-state index in [-0.39, 0.29) is 23.6 Å². The normalized spacial score (nSPS) is 10.5. The SMILES string of the molecule is CCCOC(=O)c1ccc(OCC(=O)N/N=C/c2cc([N+](=O)[O-])ccc2O)cc1. The van der Waals surface area contributed by atoms with Crippen molar-refractivity contribution >= 4 is 23.8 Å². The van der Waals surface area contributed by atoms with Gasteiger partial charge in [0.1, 0.15) is 11.5 Å². The molecule has 0 saturated heterocycles. The molecule has 0 fully saturated rings. The van der Waals surface area contributed by atoms with Gasteiger partial charge >= 0.3 is 5.97 Å². The molecule has 0 atom stereocenters. The number of hydrogen-bond donors (Lipinski definition) is 2. The summed E-state index contributed by atoms with van der Waals surface area (Å²) in [5.74, 6) is -0.873. The highest BCUT2D eigenvalue weighted by Crippen LogP contribution is 2.21. The maximum Gasteiger partial charge on any atom is 0.338 e. The highest BCUT2D eigenvalue weighted by atomic mass is 16.6. The van der Waals surface area contributed by atoms with Gasteiger partial charge in [-0.1, -0.05) is 6.92 Å². The quantitative estimate of drug-likeness (QED) is 0.284. The largest absolute Gasteiger partial charge is 0.507 e. The first kappa shape index (κ1) is 21.4. The number of benzene rings is 2. The molecule has 2 aromatic carbocycles. The van der Waals surface area contributed by atoms with Gasteiger partial charge in [0.2, 0.25) is 0 Å². The first-order valence-electron chi connectivity index (χ1n) is 8.60. The van der Waals surface area contributed by atoms with Gasteiger partial charge in [0, 0.05) is 17.7 Å². The molecule has 0 bridgehead atoms. The van der Waals surface area contributed by atoms with E-state index in [0.717, 1.165) is 30.8 Å². The van der Waals surface area contributed by atoms with Gasteiger partial charge in [-0.3, -0.25) is 14.9 Å². The number of hydrazone groups is 1. The Hall–Kier alpha value is -3.95. The van der Waals surface area contributed by atoms with Crippen LogP contribution in [0.4, 0.5) is 5.69 Å². The molecular weight excluding hydrogens is 382 g/mol. The van der Waals surface area contributed by atoms with Crippen LogP contribution < -0.4 is 10.2 Å². The molecule has 2 aromatic rings. The summed E-state index contributed by atoms with van der Waals surface area (Å²) in [6, 6.07) is 9.53. The van der Waals surface area contributed by atoms with E-state index >= 15 is 0 Å². The number of amides is 1. The van der Waals surface area contributed by atoms with E-state index in [1.807, 2.05) is 6.92 Å². The molecule has 0 radical (unpaired) electrons. The molecule has 10 heteroatoms.